The minimum atomic E-state index is -0.671. The van der Waals surface area contributed by atoms with Gasteiger partial charge in [0.1, 0.15) is 0 Å². The normalized spacial score (nSPS) is 9.13. The molecular formula is C11H22O4. The first-order valence-electron chi connectivity index (χ1n) is 5.32. The number of aliphatic carboxylic acids is 1. The molecule has 0 fully saturated rings. The van der Waals surface area contributed by atoms with Crippen molar-refractivity contribution >= 4 is 11.9 Å². The second-order valence-electron chi connectivity index (χ2n) is 3.18. The van der Waals surface area contributed by atoms with Crippen LogP contribution < -0.4 is 0 Å². The number of rotatable bonds is 5. The van der Waals surface area contributed by atoms with Gasteiger partial charge in [-0.2, -0.15) is 0 Å². The molecule has 0 unspecified atom stereocenters. The SMILES string of the molecule is CCC(CC)C(=O)O.CCCC(=O)OC. The van der Waals surface area contributed by atoms with Gasteiger partial charge in [-0.15, -0.1) is 0 Å². The van der Waals surface area contributed by atoms with Crippen molar-refractivity contribution < 1.29 is 19.4 Å². The predicted octanol–water partition coefficient (Wildman–Crippen LogP) is 2.47. The number of hydrogen-bond donors (Lipinski definition) is 1. The van der Waals surface area contributed by atoms with Gasteiger partial charge < -0.3 is 9.84 Å². The van der Waals surface area contributed by atoms with Gasteiger partial charge in [-0.3, -0.25) is 9.59 Å². The summed E-state index contributed by atoms with van der Waals surface area (Å²) in [5.74, 6) is -0.924. The highest BCUT2D eigenvalue weighted by atomic mass is 16.5. The predicted molar refractivity (Wildman–Crippen MR) is 58.6 cm³/mol. The molecule has 0 saturated carbocycles. The van der Waals surface area contributed by atoms with Gasteiger partial charge in [0.15, 0.2) is 0 Å². The minimum absolute atomic E-state index is 0.123. The van der Waals surface area contributed by atoms with Crippen LogP contribution in [0.4, 0.5) is 0 Å². The molecule has 0 spiro atoms. The molecule has 90 valence electrons. The average molecular weight is 218 g/mol. The second-order valence-corrected chi connectivity index (χ2v) is 3.18. The average Bonchev–Trinajstić information content (AvgIpc) is 2.20. The van der Waals surface area contributed by atoms with Crippen LogP contribution in [-0.4, -0.2) is 24.2 Å². The van der Waals surface area contributed by atoms with Crippen molar-refractivity contribution in [3.8, 4) is 0 Å². The van der Waals surface area contributed by atoms with Crippen LogP contribution in [-0.2, 0) is 14.3 Å². The van der Waals surface area contributed by atoms with E-state index in [2.05, 4.69) is 4.74 Å². The Labute approximate surface area is 91.6 Å². The highest BCUT2D eigenvalue weighted by Crippen LogP contribution is 2.05. The molecule has 0 aromatic heterocycles. The number of carboxylic acid groups (broad SMARTS) is 1. The van der Waals surface area contributed by atoms with E-state index in [1.54, 1.807) is 0 Å². The molecule has 0 amide bonds. The molecule has 0 saturated heterocycles. The molecule has 0 aliphatic rings. The number of hydrogen-bond acceptors (Lipinski definition) is 3. The van der Waals surface area contributed by atoms with Gasteiger partial charge in [0.25, 0.3) is 0 Å². The van der Waals surface area contributed by atoms with Crippen molar-refractivity contribution in [2.45, 2.75) is 46.5 Å². The summed E-state index contributed by atoms with van der Waals surface area (Å²) < 4.78 is 4.35. The van der Waals surface area contributed by atoms with E-state index in [1.165, 1.54) is 7.11 Å². The summed E-state index contributed by atoms with van der Waals surface area (Å²) in [5.41, 5.74) is 0. The summed E-state index contributed by atoms with van der Waals surface area (Å²) in [4.78, 5) is 20.4. The standard InChI is InChI=1S/C6H12O2.C5H10O2/c1-3-5(4-2)6(7)8;1-3-4-5(6)7-2/h5H,3-4H2,1-2H3,(H,7,8);3-4H2,1-2H3. The van der Waals surface area contributed by atoms with Gasteiger partial charge in [0.05, 0.1) is 13.0 Å². The fourth-order valence-electron chi connectivity index (χ4n) is 0.944. The lowest BCUT2D eigenvalue weighted by Gasteiger charge is -2.02. The lowest BCUT2D eigenvalue weighted by atomic mass is 10.1. The van der Waals surface area contributed by atoms with E-state index < -0.39 is 5.97 Å². The maximum absolute atomic E-state index is 10.2. The van der Waals surface area contributed by atoms with Crippen LogP contribution in [0.25, 0.3) is 0 Å². The molecule has 0 atom stereocenters. The molecule has 0 radical (unpaired) electrons. The summed E-state index contributed by atoms with van der Waals surface area (Å²) in [6.45, 7) is 5.72. The summed E-state index contributed by atoms with van der Waals surface area (Å²) >= 11 is 0. The van der Waals surface area contributed by atoms with Crippen molar-refractivity contribution in [2.24, 2.45) is 5.92 Å². The largest absolute Gasteiger partial charge is 0.481 e. The molecule has 0 aliphatic carbocycles. The maximum atomic E-state index is 10.2. The van der Waals surface area contributed by atoms with Gasteiger partial charge in [0, 0.05) is 6.42 Å². The maximum Gasteiger partial charge on any atom is 0.306 e. The van der Waals surface area contributed by atoms with Gasteiger partial charge >= 0.3 is 11.9 Å². The molecule has 4 nitrogen and oxygen atoms in total. The van der Waals surface area contributed by atoms with Gasteiger partial charge in [-0.05, 0) is 19.3 Å². The molecule has 0 rings (SSSR count). The van der Waals surface area contributed by atoms with Crippen molar-refractivity contribution in [3.63, 3.8) is 0 Å². The highest BCUT2D eigenvalue weighted by molar-refractivity contribution is 5.69. The summed E-state index contributed by atoms with van der Waals surface area (Å²) in [7, 11) is 1.40. The Bertz CT molecular complexity index is 173. The first kappa shape index (κ1) is 16.4. The number of carbonyl (C=O) groups excluding carboxylic acids is 1. The van der Waals surface area contributed by atoms with E-state index in [-0.39, 0.29) is 11.9 Å². The van der Waals surface area contributed by atoms with E-state index in [9.17, 15) is 9.59 Å². The zero-order valence-corrected chi connectivity index (χ0v) is 10.1. The first-order valence-corrected chi connectivity index (χ1v) is 5.32. The van der Waals surface area contributed by atoms with Gasteiger partial charge in [0.2, 0.25) is 0 Å². The Hall–Kier alpha value is -1.06. The van der Waals surface area contributed by atoms with Crippen molar-refractivity contribution in [2.75, 3.05) is 7.11 Å². The quantitative estimate of drug-likeness (QED) is 0.720. The zero-order valence-electron chi connectivity index (χ0n) is 10.1. The summed E-state index contributed by atoms with van der Waals surface area (Å²) in [6, 6.07) is 0. The lowest BCUT2D eigenvalue weighted by Crippen LogP contribution is -2.10. The van der Waals surface area contributed by atoms with Crippen LogP contribution >= 0.6 is 0 Å². The third-order valence-electron chi connectivity index (χ3n) is 2.02. The Morgan fingerprint density at radius 2 is 1.67 bits per heavy atom. The zero-order chi connectivity index (χ0) is 12.3. The van der Waals surface area contributed by atoms with E-state index in [1.807, 2.05) is 20.8 Å². The van der Waals surface area contributed by atoms with Crippen LogP contribution in [0, 0.1) is 5.92 Å². The second kappa shape index (κ2) is 11.0. The number of esters is 1. The number of carboxylic acids is 1. The van der Waals surface area contributed by atoms with Crippen molar-refractivity contribution in [1.29, 1.82) is 0 Å². The van der Waals surface area contributed by atoms with Gasteiger partial charge in [-0.1, -0.05) is 20.8 Å². The molecule has 0 aliphatic heterocycles. The van der Waals surface area contributed by atoms with Crippen LogP contribution in [0.15, 0.2) is 0 Å². The molecule has 0 bridgehead atoms. The summed E-state index contributed by atoms with van der Waals surface area (Å²) in [6.07, 6.45) is 2.89. The Balaban J connectivity index is 0. The molecule has 0 heterocycles. The molecule has 0 aromatic carbocycles. The minimum Gasteiger partial charge on any atom is -0.481 e. The van der Waals surface area contributed by atoms with E-state index in [0.717, 1.165) is 19.3 Å². The Morgan fingerprint density at radius 3 is 1.73 bits per heavy atom. The topological polar surface area (TPSA) is 63.6 Å². The Morgan fingerprint density at radius 1 is 1.20 bits per heavy atom. The Kier molecular flexibility index (Phi) is 12.0. The molecule has 4 heteroatoms. The monoisotopic (exact) mass is 218 g/mol. The van der Waals surface area contributed by atoms with Crippen LogP contribution in [0.2, 0.25) is 0 Å². The van der Waals surface area contributed by atoms with E-state index in [4.69, 9.17) is 5.11 Å². The van der Waals surface area contributed by atoms with Crippen LogP contribution in [0.3, 0.4) is 0 Å². The molecule has 1 N–H and O–H groups in total. The number of ether oxygens (including phenoxy) is 1. The third kappa shape index (κ3) is 10.9. The summed E-state index contributed by atoms with van der Waals surface area (Å²) in [5, 5.41) is 8.37. The van der Waals surface area contributed by atoms with Crippen molar-refractivity contribution in [3.05, 3.63) is 0 Å². The molecule has 15 heavy (non-hydrogen) atoms. The number of carbonyl (C=O) groups is 2. The molecule has 0 aromatic rings. The van der Waals surface area contributed by atoms with Gasteiger partial charge in [-0.25, -0.2) is 0 Å². The van der Waals surface area contributed by atoms with Crippen LogP contribution in [0.5, 0.6) is 0 Å². The number of methoxy groups -OCH3 is 1. The smallest absolute Gasteiger partial charge is 0.306 e. The fraction of sp³-hybridized carbons (Fsp3) is 0.818. The van der Waals surface area contributed by atoms with E-state index in [0.29, 0.717) is 6.42 Å². The van der Waals surface area contributed by atoms with E-state index >= 15 is 0 Å². The fourth-order valence-corrected chi connectivity index (χ4v) is 0.944. The highest BCUT2D eigenvalue weighted by Gasteiger charge is 2.10. The lowest BCUT2D eigenvalue weighted by molar-refractivity contribution is -0.142. The third-order valence-corrected chi connectivity index (χ3v) is 2.02. The van der Waals surface area contributed by atoms with Crippen LogP contribution in [0.1, 0.15) is 46.5 Å². The molecular weight excluding hydrogens is 196 g/mol. The van der Waals surface area contributed by atoms with Crippen molar-refractivity contribution in [1.82, 2.24) is 0 Å². The first-order chi connectivity index (χ1) is 7.03.